The maximum Gasteiger partial charge on any atom is 0.356 e. The number of hydrogen-bond donors (Lipinski definition) is 1. The molecule has 0 radical (unpaired) electrons. The van der Waals surface area contributed by atoms with Crippen molar-refractivity contribution in [1.82, 2.24) is 9.55 Å². The average Bonchev–Trinajstić information content (AvgIpc) is 2.65. The number of hydrogen-bond acceptors (Lipinski definition) is 4. The number of rotatable bonds is 2. The van der Waals surface area contributed by atoms with E-state index >= 15 is 0 Å². The first-order valence-electron chi connectivity index (χ1n) is 5.41. The summed E-state index contributed by atoms with van der Waals surface area (Å²) in [6.45, 7) is 2.20. The second-order valence-corrected chi connectivity index (χ2v) is 4.13. The molecule has 92 valence electrons. The van der Waals surface area contributed by atoms with Crippen LogP contribution in [-0.2, 0) is 22.5 Å². The number of nitrogens with zero attached hydrogens (tertiary/aromatic N) is 2. The number of carboxylic acid groups (broad SMARTS) is 1. The van der Waals surface area contributed by atoms with Gasteiger partial charge in [-0.05, 0) is 19.8 Å². The van der Waals surface area contributed by atoms with E-state index in [-0.39, 0.29) is 17.6 Å². The van der Waals surface area contributed by atoms with Gasteiger partial charge in [-0.15, -0.1) is 0 Å². The van der Waals surface area contributed by atoms with E-state index < -0.39 is 5.97 Å². The molecule has 0 saturated carbocycles. The highest BCUT2D eigenvalue weighted by atomic mass is 16.5. The van der Waals surface area contributed by atoms with Gasteiger partial charge in [0.2, 0.25) is 0 Å². The van der Waals surface area contributed by atoms with E-state index in [0.29, 0.717) is 30.9 Å². The molecule has 1 aliphatic rings. The van der Waals surface area contributed by atoms with Crippen molar-refractivity contribution in [2.45, 2.75) is 26.3 Å². The van der Waals surface area contributed by atoms with Crippen molar-refractivity contribution in [3.63, 3.8) is 0 Å². The minimum Gasteiger partial charge on any atom is -0.476 e. The van der Waals surface area contributed by atoms with E-state index in [9.17, 15) is 9.59 Å². The minimum atomic E-state index is -1.02. The van der Waals surface area contributed by atoms with Gasteiger partial charge >= 0.3 is 11.9 Å². The van der Waals surface area contributed by atoms with Crippen LogP contribution in [0.1, 0.15) is 28.4 Å². The van der Waals surface area contributed by atoms with E-state index in [4.69, 9.17) is 9.84 Å². The third-order valence-corrected chi connectivity index (χ3v) is 3.13. The lowest BCUT2D eigenvalue weighted by molar-refractivity contribution is -0.146. The lowest BCUT2D eigenvalue weighted by Gasteiger charge is -2.23. The molecule has 0 bridgehead atoms. The lowest BCUT2D eigenvalue weighted by Crippen LogP contribution is -2.28. The highest BCUT2D eigenvalue weighted by molar-refractivity contribution is 5.87. The van der Waals surface area contributed by atoms with Crippen molar-refractivity contribution in [2.24, 2.45) is 5.92 Å². The first kappa shape index (κ1) is 11.6. The van der Waals surface area contributed by atoms with E-state index in [1.165, 1.54) is 7.11 Å². The Morgan fingerprint density at radius 1 is 1.53 bits per heavy atom. The van der Waals surface area contributed by atoms with Crippen molar-refractivity contribution < 1.29 is 19.4 Å². The van der Waals surface area contributed by atoms with Crippen LogP contribution in [0, 0.1) is 12.8 Å². The number of esters is 1. The normalized spacial score (nSPS) is 18.6. The molecule has 2 heterocycles. The second kappa shape index (κ2) is 4.20. The molecule has 0 saturated heterocycles. The van der Waals surface area contributed by atoms with Gasteiger partial charge in [0.1, 0.15) is 5.82 Å². The van der Waals surface area contributed by atoms with Crippen LogP contribution in [0.3, 0.4) is 0 Å². The van der Waals surface area contributed by atoms with Gasteiger partial charge in [0.15, 0.2) is 5.69 Å². The Labute approximate surface area is 98.2 Å². The zero-order valence-electron chi connectivity index (χ0n) is 9.77. The summed E-state index contributed by atoms with van der Waals surface area (Å²) >= 11 is 0. The SMILES string of the molecule is COC(=O)C1CCc2c(C(=O)O)nc(C)n2C1. The molecule has 1 aromatic rings. The Hall–Kier alpha value is -1.85. The molecule has 6 heteroatoms. The van der Waals surface area contributed by atoms with Gasteiger partial charge in [0, 0.05) is 6.54 Å². The third-order valence-electron chi connectivity index (χ3n) is 3.13. The van der Waals surface area contributed by atoms with Crippen molar-refractivity contribution >= 4 is 11.9 Å². The summed E-state index contributed by atoms with van der Waals surface area (Å²) in [5, 5.41) is 9.01. The number of imidazole rings is 1. The predicted octanol–water partition coefficient (Wildman–Crippen LogP) is 0.625. The van der Waals surface area contributed by atoms with Crippen LogP contribution in [0.2, 0.25) is 0 Å². The summed E-state index contributed by atoms with van der Waals surface area (Å²) in [5.74, 6) is -0.841. The van der Waals surface area contributed by atoms with Crippen LogP contribution in [0.5, 0.6) is 0 Å². The van der Waals surface area contributed by atoms with Crippen LogP contribution in [0.25, 0.3) is 0 Å². The fraction of sp³-hybridized carbons (Fsp3) is 0.545. The molecular formula is C11H14N2O4. The van der Waals surface area contributed by atoms with Gasteiger partial charge in [-0.25, -0.2) is 9.78 Å². The molecule has 1 N–H and O–H groups in total. The maximum atomic E-state index is 11.5. The van der Waals surface area contributed by atoms with Crippen molar-refractivity contribution in [1.29, 1.82) is 0 Å². The summed E-state index contributed by atoms with van der Waals surface area (Å²) in [7, 11) is 1.36. The summed E-state index contributed by atoms with van der Waals surface area (Å²) < 4.78 is 6.51. The van der Waals surface area contributed by atoms with Crippen LogP contribution in [0.4, 0.5) is 0 Å². The Morgan fingerprint density at radius 2 is 2.24 bits per heavy atom. The molecule has 17 heavy (non-hydrogen) atoms. The number of aryl methyl sites for hydroxylation is 1. The Kier molecular flexibility index (Phi) is 2.87. The van der Waals surface area contributed by atoms with Crippen molar-refractivity contribution in [3.8, 4) is 0 Å². The van der Waals surface area contributed by atoms with Gasteiger partial charge in [0.25, 0.3) is 0 Å². The molecule has 6 nitrogen and oxygen atoms in total. The number of aromatic carboxylic acids is 1. The highest BCUT2D eigenvalue weighted by Gasteiger charge is 2.30. The Morgan fingerprint density at radius 3 is 2.82 bits per heavy atom. The number of aromatic nitrogens is 2. The standard InChI is InChI=1S/C11H14N2O4/c1-6-12-9(10(14)15)8-4-3-7(5-13(6)8)11(16)17-2/h7H,3-5H2,1-2H3,(H,14,15). The number of carboxylic acids is 1. The van der Waals surface area contributed by atoms with Gasteiger partial charge in [0.05, 0.1) is 18.7 Å². The second-order valence-electron chi connectivity index (χ2n) is 4.13. The van der Waals surface area contributed by atoms with Crippen LogP contribution in [0.15, 0.2) is 0 Å². The van der Waals surface area contributed by atoms with Crippen molar-refractivity contribution in [2.75, 3.05) is 7.11 Å². The molecule has 0 aromatic carbocycles. The van der Waals surface area contributed by atoms with Crippen LogP contribution < -0.4 is 0 Å². The number of ether oxygens (including phenoxy) is 1. The molecule has 0 aliphatic carbocycles. The summed E-state index contributed by atoms with van der Waals surface area (Å²) in [6.07, 6.45) is 1.15. The monoisotopic (exact) mass is 238 g/mol. The topological polar surface area (TPSA) is 81.4 Å². The van der Waals surface area contributed by atoms with Gasteiger partial charge < -0.3 is 14.4 Å². The first-order valence-corrected chi connectivity index (χ1v) is 5.41. The summed E-state index contributed by atoms with van der Waals surface area (Å²) in [4.78, 5) is 26.5. The van der Waals surface area contributed by atoms with E-state index in [1.54, 1.807) is 11.5 Å². The predicted molar refractivity (Wildman–Crippen MR) is 57.8 cm³/mol. The van der Waals surface area contributed by atoms with Gasteiger partial charge in [-0.3, -0.25) is 4.79 Å². The largest absolute Gasteiger partial charge is 0.476 e. The van der Waals surface area contributed by atoms with E-state index in [0.717, 1.165) is 0 Å². The van der Waals surface area contributed by atoms with Gasteiger partial charge in [-0.2, -0.15) is 0 Å². The quantitative estimate of drug-likeness (QED) is 0.764. The van der Waals surface area contributed by atoms with E-state index in [1.807, 2.05) is 0 Å². The zero-order chi connectivity index (χ0) is 12.6. The van der Waals surface area contributed by atoms with Gasteiger partial charge in [-0.1, -0.05) is 0 Å². The average molecular weight is 238 g/mol. The number of carbonyl (C=O) groups is 2. The highest BCUT2D eigenvalue weighted by Crippen LogP contribution is 2.25. The third kappa shape index (κ3) is 1.90. The zero-order valence-corrected chi connectivity index (χ0v) is 9.77. The fourth-order valence-electron chi connectivity index (χ4n) is 2.26. The molecule has 1 aromatic heterocycles. The Bertz CT molecular complexity index is 478. The molecule has 1 atom stereocenters. The minimum absolute atomic E-state index is 0.103. The molecular weight excluding hydrogens is 224 g/mol. The lowest BCUT2D eigenvalue weighted by atomic mass is 9.97. The van der Waals surface area contributed by atoms with Crippen molar-refractivity contribution in [3.05, 3.63) is 17.2 Å². The molecule has 0 spiro atoms. The molecule has 1 unspecified atom stereocenters. The summed E-state index contributed by atoms with van der Waals surface area (Å²) in [6, 6.07) is 0. The van der Waals surface area contributed by atoms with Crippen LogP contribution >= 0.6 is 0 Å². The molecule has 1 aliphatic heterocycles. The maximum absolute atomic E-state index is 11.5. The molecule has 0 fully saturated rings. The van der Waals surface area contributed by atoms with Crippen LogP contribution in [-0.4, -0.2) is 33.7 Å². The summed E-state index contributed by atoms with van der Waals surface area (Å²) in [5.41, 5.74) is 0.806. The molecule has 2 rings (SSSR count). The molecule has 0 amide bonds. The smallest absolute Gasteiger partial charge is 0.356 e. The number of carbonyl (C=O) groups excluding carboxylic acids is 1. The number of fused-ring (bicyclic) bond motifs is 1. The number of methoxy groups -OCH3 is 1. The Balaban J connectivity index is 2.33. The fourth-order valence-corrected chi connectivity index (χ4v) is 2.26. The first-order chi connectivity index (χ1) is 8.04. The van der Waals surface area contributed by atoms with E-state index in [2.05, 4.69) is 4.98 Å².